The number of hydrogen-bond acceptors (Lipinski definition) is 3. The highest BCUT2D eigenvalue weighted by atomic mass is 32.2. The van der Waals surface area contributed by atoms with Crippen LogP contribution in [0.2, 0.25) is 0 Å². The van der Waals surface area contributed by atoms with Gasteiger partial charge >= 0.3 is 0 Å². The molecule has 5 heteroatoms. The van der Waals surface area contributed by atoms with Gasteiger partial charge in [0, 0.05) is 34.5 Å². The van der Waals surface area contributed by atoms with Crippen LogP contribution in [-0.2, 0) is 0 Å². The lowest BCUT2D eigenvalue weighted by Crippen LogP contribution is -2.01. The largest absolute Gasteiger partial charge is 0.360 e. The number of rotatable bonds is 5. The molecule has 0 amide bonds. The molecule has 1 aliphatic rings. The Bertz CT molecular complexity index is 798. The maximum Gasteiger partial charge on any atom is 0.191 e. The van der Waals surface area contributed by atoms with E-state index in [1.54, 1.807) is 0 Å². The van der Waals surface area contributed by atoms with Crippen LogP contribution in [0, 0.1) is 5.92 Å². The van der Waals surface area contributed by atoms with Gasteiger partial charge in [-0.1, -0.05) is 43.8 Å². The topological polar surface area (TPSA) is 46.5 Å². The summed E-state index contributed by atoms with van der Waals surface area (Å²) in [7, 11) is 0. The van der Waals surface area contributed by atoms with Crippen LogP contribution in [0.5, 0.6) is 0 Å². The van der Waals surface area contributed by atoms with E-state index in [9.17, 15) is 0 Å². The Labute approximate surface area is 134 Å². The molecular formula is C17H20N4S. The standard InChI is InChI=1S/C17H20N4S/c1-11(2)10-22-17-20-19-16(21(17)12-7-8-12)14-9-18-15-6-4-3-5-13(14)15/h3-6,9,11-12,18H,7-8,10H2,1-2H3. The van der Waals surface area contributed by atoms with Gasteiger partial charge in [0.25, 0.3) is 0 Å². The smallest absolute Gasteiger partial charge is 0.191 e. The van der Waals surface area contributed by atoms with E-state index < -0.39 is 0 Å². The highest BCUT2D eigenvalue weighted by Crippen LogP contribution is 2.42. The first-order valence-electron chi connectivity index (χ1n) is 7.88. The first-order chi connectivity index (χ1) is 10.7. The van der Waals surface area contributed by atoms with Crippen LogP contribution in [0.15, 0.2) is 35.6 Å². The maximum absolute atomic E-state index is 4.52. The fourth-order valence-corrected chi connectivity index (χ4v) is 3.67. The summed E-state index contributed by atoms with van der Waals surface area (Å²) < 4.78 is 2.35. The van der Waals surface area contributed by atoms with Crippen molar-refractivity contribution < 1.29 is 0 Å². The van der Waals surface area contributed by atoms with Gasteiger partial charge in [0.2, 0.25) is 0 Å². The lowest BCUT2D eigenvalue weighted by atomic mass is 10.1. The molecule has 0 saturated heterocycles. The first-order valence-corrected chi connectivity index (χ1v) is 8.87. The summed E-state index contributed by atoms with van der Waals surface area (Å²) in [5.74, 6) is 2.75. The van der Waals surface area contributed by atoms with E-state index in [1.165, 1.54) is 18.2 Å². The van der Waals surface area contributed by atoms with Crippen molar-refractivity contribution in [2.24, 2.45) is 5.92 Å². The Morgan fingerprint density at radius 3 is 2.86 bits per heavy atom. The summed E-state index contributed by atoms with van der Waals surface area (Å²) in [6.07, 6.45) is 4.54. The van der Waals surface area contributed by atoms with Gasteiger partial charge in [0.05, 0.1) is 0 Å². The summed E-state index contributed by atoms with van der Waals surface area (Å²) in [5.41, 5.74) is 2.31. The molecule has 4 nitrogen and oxygen atoms in total. The van der Waals surface area contributed by atoms with Crippen molar-refractivity contribution >= 4 is 22.7 Å². The van der Waals surface area contributed by atoms with Crippen molar-refractivity contribution in [1.29, 1.82) is 0 Å². The average Bonchev–Trinajstić information content (AvgIpc) is 3.12. The lowest BCUT2D eigenvalue weighted by molar-refractivity contribution is 0.665. The molecule has 0 radical (unpaired) electrons. The summed E-state index contributed by atoms with van der Waals surface area (Å²) in [6, 6.07) is 8.96. The average molecular weight is 312 g/mol. The summed E-state index contributed by atoms with van der Waals surface area (Å²) in [5, 5.41) is 11.3. The molecule has 0 atom stereocenters. The van der Waals surface area contributed by atoms with Crippen molar-refractivity contribution in [2.45, 2.75) is 37.9 Å². The van der Waals surface area contributed by atoms with Gasteiger partial charge in [-0.2, -0.15) is 0 Å². The highest BCUT2D eigenvalue weighted by Gasteiger charge is 2.30. The summed E-state index contributed by atoms with van der Waals surface area (Å²) in [4.78, 5) is 3.34. The molecule has 1 saturated carbocycles. The zero-order valence-electron chi connectivity index (χ0n) is 12.9. The third kappa shape index (κ3) is 2.43. The number of para-hydroxylation sites is 1. The van der Waals surface area contributed by atoms with E-state index in [4.69, 9.17) is 0 Å². The van der Waals surface area contributed by atoms with Crippen molar-refractivity contribution in [1.82, 2.24) is 19.7 Å². The van der Waals surface area contributed by atoms with Crippen LogP contribution in [0.3, 0.4) is 0 Å². The number of hydrogen-bond donors (Lipinski definition) is 1. The maximum atomic E-state index is 4.52. The monoisotopic (exact) mass is 312 g/mol. The van der Waals surface area contributed by atoms with E-state index in [2.05, 4.69) is 64.1 Å². The van der Waals surface area contributed by atoms with E-state index in [0.717, 1.165) is 27.8 Å². The molecule has 2 heterocycles. The number of aromatic amines is 1. The second kappa shape index (κ2) is 5.47. The molecule has 0 unspecified atom stereocenters. The van der Waals surface area contributed by atoms with Gasteiger partial charge in [-0.3, -0.25) is 4.57 Å². The number of benzene rings is 1. The number of aromatic nitrogens is 4. The third-order valence-electron chi connectivity index (χ3n) is 3.95. The molecule has 2 aromatic heterocycles. The molecule has 22 heavy (non-hydrogen) atoms. The predicted octanol–water partition coefficient (Wildman–Crippen LogP) is 4.51. The molecule has 1 fully saturated rings. The van der Waals surface area contributed by atoms with Crippen LogP contribution >= 0.6 is 11.8 Å². The Morgan fingerprint density at radius 2 is 2.09 bits per heavy atom. The van der Waals surface area contributed by atoms with Crippen molar-refractivity contribution in [2.75, 3.05) is 5.75 Å². The molecule has 1 N–H and O–H groups in total. The van der Waals surface area contributed by atoms with Crippen LogP contribution in [-0.4, -0.2) is 25.5 Å². The number of H-pyrrole nitrogens is 1. The normalized spacial score (nSPS) is 15.0. The lowest BCUT2D eigenvalue weighted by Gasteiger charge is -2.09. The van der Waals surface area contributed by atoms with Crippen LogP contribution in [0.25, 0.3) is 22.3 Å². The van der Waals surface area contributed by atoms with Gasteiger partial charge in [0.15, 0.2) is 11.0 Å². The van der Waals surface area contributed by atoms with Crippen LogP contribution in [0.4, 0.5) is 0 Å². The Balaban J connectivity index is 1.78. The van der Waals surface area contributed by atoms with Crippen LogP contribution in [0.1, 0.15) is 32.7 Å². The number of nitrogens with one attached hydrogen (secondary N) is 1. The molecule has 1 aromatic carbocycles. The second-order valence-electron chi connectivity index (χ2n) is 6.36. The van der Waals surface area contributed by atoms with Gasteiger partial charge in [-0.05, 0) is 24.8 Å². The second-order valence-corrected chi connectivity index (χ2v) is 7.35. The number of fused-ring (bicyclic) bond motifs is 1. The van der Waals surface area contributed by atoms with Gasteiger partial charge in [-0.15, -0.1) is 10.2 Å². The minimum Gasteiger partial charge on any atom is -0.360 e. The van der Waals surface area contributed by atoms with Crippen LogP contribution < -0.4 is 0 Å². The number of thioether (sulfide) groups is 1. The Hall–Kier alpha value is -1.75. The van der Waals surface area contributed by atoms with E-state index in [1.807, 2.05) is 11.8 Å². The quantitative estimate of drug-likeness (QED) is 0.705. The van der Waals surface area contributed by atoms with E-state index in [-0.39, 0.29) is 0 Å². The van der Waals surface area contributed by atoms with Crippen molar-refractivity contribution in [3.63, 3.8) is 0 Å². The molecule has 114 valence electrons. The minimum absolute atomic E-state index is 0.577. The van der Waals surface area contributed by atoms with E-state index in [0.29, 0.717) is 12.0 Å². The zero-order chi connectivity index (χ0) is 15.1. The van der Waals surface area contributed by atoms with Gasteiger partial charge in [0.1, 0.15) is 0 Å². The van der Waals surface area contributed by atoms with Crippen molar-refractivity contribution in [3.8, 4) is 11.4 Å². The molecule has 0 spiro atoms. The SMILES string of the molecule is CC(C)CSc1nnc(-c2c[nH]c3ccccc23)n1C1CC1. The third-order valence-corrected chi connectivity index (χ3v) is 5.32. The molecule has 0 aliphatic heterocycles. The van der Waals surface area contributed by atoms with Gasteiger partial charge < -0.3 is 4.98 Å². The number of nitrogens with zero attached hydrogens (tertiary/aromatic N) is 3. The summed E-state index contributed by atoms with van der Waals surface area (Å²) >= 11 is 1.83. The summed E-state index contributed by atoms with van der Waals surface area (Å²) in [6.45, 7) is 4.48. The first kappa shape index (κ1) is 13.9. The minimum atomic E-state index is 0.577. The fraction of sp³-hybridized carbons (Fsp3) is 0.412. The molecule has 4 rings (SSSR count). The highest BCUT2D eigenvalue weighted by molar-refractivity contribution is 7.99. The predicted molar refractivity (Wildman–Crippen MR) is 91.1 cm³/mol. The fourth-order valence-electron chi connectivity index (χ4n) is 2.72. The Kier molecular flexibility index (Phi) is 3.45. The molecule has 3 aromatic rings. The van der Waals surface area contributed by atoms with E-state index >= 15 is 0 Å². The zero-order valence-corrected chi connectivity index (χ0v) is 13.7. The van der Waals surface area contributed by atoms with Crippen molar-refractivity contribution in [3.05, 3.63) is 30.5 Å². The molecular weight excluding hydrogens is 292 g/mol. The van der Waals surface area contributed by atoms with Gasteiger partial charge in [-0.25, -0.2) is 0 Å². The Morgan fingerprint density at radius 1 is 1.27 bits per heavy atom. The molecule has 0 bridgehead atoms. The molecule has 1 aliphatic carbocycles.